The normalized spacial score (nSPS) is 26.9. The van der Waals surface area contributed by atoms with Crippen LogP contribution in [-0.2, 0) is 0 Å². The monoisotopic (exact) mass is 250 g/mol. The van der Waals surface area contributed by atoms with E-state index in [1.807, 2.05) is 24.4 Å². The van der Waals surface area contributed by atoms with E-state index in [0.29, 0.717) is 17.0 Å². The molecule has 0 radical (unpaired) electrons. The van der Waals surface area contributed by atoms with Gasteiger partial charge in [-0.1, -0.05) is 30.3 Å². The van der Waals surface area contributed by atoms with Crippen molar-refractivity contribution in [2.24, 2.45) is 4.99 Å². The summed E-state index contributed by atoms with van der Waals surface area (Å²) in [5.74, 6) is 0.592. The quantitative estimate of drug-likeness (QED) is 0.702. The molecule has 4 rings (SSSR count). The van der Waals surface area contributed by atoms with Gasteiger partial charge in [0.15, 0.2) is 11.6 Å². The van der Waals surface area contributed by atoms with Gasteiger partial charge in [0, 0.05) is 17.3 Å². The third-order valence-corrected chi connectivity index (χ3v) is 3.73. The summed E-state index contributed by atoms with van der Waals surface area (Å²) in [7, 11) is 0. The minimum Gasteiger partial charge on any atom is -0.320 e. The van der Waals surface area contributed by atoms with Crippen LogP contribution in [0.4, 0.5) is 0 Å². The van der Waals surface area contributed by atoms with E-state index in [2.05, 4.69) is 4.99 Å². The van der Waals surface area contributed by atoms with Crippen LogP contribution in [-0.4, -0.2) is 34.4 Å². The summed E-state index contributed by atoms with van der Waals surface area (Å²) in [5, 5.41) is 0. The number of hydrogen-bond acceptors (Lipinski definition) is 4. The van der Waals surface area contributed by atoms with Crippen LogP contribution in [0.25, 0.3) is 0 Å². The lowest BCUT2D eigenvalue weighted by Crippen LogP contribution is -2.49. The fourth-order valence-corrected chi connectivity index (χ4v) is 2.86. The molecule has 0 unspecified atom stereocenters. The van der Waals surface area contributed by atoms with Gasteiger partial charge in [0.05, 0.1) is 0 Å². The minimum atomic E-state index is -0.607. The molecular weight excluding hydrogens is 240 g/mol. The zero-order chi connectivity index (χ0) is 13.0. The van der Waals surface area contributed by atoms with Crippen LogP contribution in [0.5, 0.6) is 0 Å². The van der Waals surface area contributed by atoms with E-state index in [-0.39, 0.29) is 11.6 Å². The summed E-state index contributed by atoms with van der Waals surface area (Å²) < 4.78 is 0. The van der Waals surface area contributed by atoms with Gasteiger partial charge in [-0.15, -0.1) is 0 Å². The van der Waals surface area contributed by atoms with Crippen LogP contribution in [0, 0.1) is 0 Å². The molecule has 19 heavy (non-hydrogen) atoms. The average molecular weight is 250 g/mol. The minimum absolute atomic E-state index is 0.0288. The molecule has 0 saturated heterocycles. The Bertz CT molecular complexity index is 700. The molecule has 0 bridgehead atoms. The lowest BCUT2D eigenvalue weighted by molar-refractivity contribution is 0.0806. The Kier molecular flexibility index (Phi) is 1.93. The van der Waals surface area contributed by atoms with Crippen molar-refractivity contribution in [1.82, 2.24) is 4.90 Å². The van der Waals surface area contributed by atoms with E-state index in [0.717, 1.165) is 0 Å². The number of Topliss-reactive ketones (excluding diaryl/α,β-unsaturated/α-hetero) is 2. The molecule has 1 aromatic carbocycles. The van der Waals surface area contributed by atoms with Gasteiger partial charge in [0.1, 0.15) is 17.9 Å². The Morgan fingerprint density at radius 3 is 2.53 bits per heavy atom. The molecule has 0 aromatic heterocycles. The second-order valence-corrected chi connectivity index (χ2v) is 4.76. The molecule has 2 atom stereocenters. The topological polar surface area (TPSA) is 49.7 Å². The van der Waals surface area contributed by atoms with Crippen LogP contribution in [0.15, 0.2) is 53.7 Å². The maximum atomic E-state index is 12.6. The van der Waals surface area contributed by atoms with E-state index in [1.165, 1.54) is 0 Å². The van der Waals surface area contributed by atoms with E-state index in [4.69, 9.17) is 0 Å². The first kappa shape index (κ1) is 10.4. The van der Waals surface area contributed by atoms with Gasteiger partial charge in [0.25, 0.3) is 0 Å². The Morgan fingerprint density at radius 2 is 1.74 bits per heavy atom. The Labute approximate surface area is 109 Å². The molecule has 4 nitrogen and oxygen atoms in total. The fraction of sp³-hybridized carbons (Fsp3) is 0.133. The largest absolute Gasteiger partial charge is 0.320 e. The van der Waals surface area contributed by atoms with Crippen LogP contribution in [0.1, 0.15) is 20.7 Å². The van der Waals surface area contributed by atoms with E-state index < -0.39 is 12.1 Å². The molecule has 4 heteroatoms. The summed E-state index contributed by atoms with van der Waals surface area (Å²) in [6.45, 7) is 0. The molecule has 92 valence electrons. The SMILES string of the molecule is O=C1c2ccccc2C(=O)[C@@H]2[C@@H]1N=C1C=CC=CN12. The van der Waals surface area contributed by atoms with Gasteiger partial charge >= 0.3 is 0 Å². The van der Waals surface area contributed by atoms with Crippen LogP contribution >= 0.6 is 0 Å². The molecule has 3 aliphatic rings. The van der Waals surface area contributed by atoms with Crippen molar-refractivity contribution < 1.29 is 9.59 Å². The average Bonchev–Trinajstić information content (AvgIpc) is 2.84. The van der Waals surface area contributed by atoms with Crippen LogP contribution in [0.2, 0.25) is 0 Å². The first-order chi connectivity index (χ1) is 9.27. The molecule has 0 fully saturated rings. The summed E-state index contributed by atoms with van der Waals surface area (Å²) >= 11 is 0. The molecule has 2 aliphatic heterocycles. The Balaban J connectivity index is 1.90. The van der Waals surface area contributed by atoms with Crippen molar-refractivity contribution in [2.45, 2.75) is 12.1 Å². The second kappa shape index (κ2) is 3.51. The number of nitrogens with zero attached hydrogens (tertiary/aromatic N) is 2. The second-order valence-electron chi connectivity index (χ2n) is 4.76. The third kappa shape index (κ3) is 1.25. The van der Waals surface area contributed by atoms with Gasteiger partial charge in [-0.2, -0.15) is 0 Å². The maximum absolute atomic E-state index is 12.6. The first-order valence-electron chi connectivity index (χ1n) is 6.16. The van der Waals surface area contributed by atoms with E-state index in [9.17, 15) is 9.59 Å². The number of carbonyl (C=O) groups is 2. The van der Waals surface area contributed by atoms with Gasteiger partial charge in [-0.25, -0.2) is 0 Å². The fourth-order valence-electron chi connectivity index (χ4n) is 2.86. The number of benzene rings is 1. The smallest absolute Gasteiger partial charge is 0.190 e. The lowest BCUT2D eigenvalue weighted by atomic mass is 9.83. The number of rotatable bonds is 0. The van der Waals surface area contributed by atoms with Gasteiger partial charge < -0.3 is 4.90 Å². The zero-order valence-electron chi connectivity index (χ0n) is 9.98. The molecule has 2 heterocycles. The first-order valence-corrected chi connectivity index (χ1v) is 6.16. The predicted octanol–water partition coefficient (Wildman–Crippen LogP) is 1.60. The summed E-state index contributed by atoms with van der Waals surface area (Å²) in [6.07, 6.45) is 7.33. The van der Waals surface area contributed by atoms with Gasteiger partial charge in [-0.3, -0.25) is 14.6 Å². The predicted molar refractivity (Wildman–Crippen MR) is 70.2 cm³/mol. The number of fused-ring (bicyclic) bond motifs is 4. The number of aliphatic imine (C=N–C) groups is 1. The van der Waals surface area contributed by atoms with Crippen molar-refractivity contribution in [3.05, 3.63) is 59.8 Å². The van der Waals surface area contributed by atoms with Crippen molar-refractivity contribution in [1.29, 1.82) is 0 Å². The highest BCUT2D eigenvalue weighted by atomic mass is 16.1. The third-order valence-electron chi connectivity index (χ3n) is 3.73. The Morgan fingerprint density at radius 1 is 1.00 bits per heavy atom. The zero-order valence-corrected chi connectivity index (χ0v) is 9.98. The Hall–Kier alpha value is -2.49. The highest BCUT2D eigenvalue weighted by molar-refractivity contribution is 6.22. The number of amidine groups is 1. The molecular formula is C15H10N2O2. The molecule has 0 saturated carbocycles. The number of hydrogen-bond donors (Lipinski definition) is 0. The maximum Gasteiger partial charge on any atom is 0.190 e. The van der Waals surface area contributed by atoms with Crippen molar-refractivity contribution >= 4 is 17.4 Å². The summed E-state index contributed by atoms with van der Waals surface area (Å²) in [4.78, 5) is 31.2. The lowest BCUT2D eigenvalue weighted by Gasteiger charge is -2.29. The van der Waals surface area contributed by atoms with Crippen molar-refractivity contribution in [3.8, 4) is 0 Å². The van der Waals surface area contributed by atoms with Gasteiger partial charge in [-0.05, 0) is 12.2 Å². The number of carbonyl (C=O) groups excluding carboxylic acids is 2. The van der Waals surface area contributed by atoms with Crippen LogP contribution in [0.3, 0.4) is 0 Å². The molecule has 0 N–H and O–H groups in total. The van der Waals surface area contributed by atoms with Crippen molar-refractivity contribution in [3.63, 3.8) is 0 Å². The number of allylic oxidation sites excluding steroid dienone is 2. The summed E-state index contributed by atoms with van der Waals surface area (Å²) in [6, 6.07) is 5.86. The van der Waals surface area contributed by atoms with Gasteiger partial charge in [0.2, 0.25) is 0 Å². The van der Waals surface area contributed by atoms with Crippen LogP contribution < -0.4 is 0 Å². The molecule has 0 amide bonds. The molecule has 1 aromatic rings. The van der Waals surface area contributed by atoms with E-state index >= 15 is 0 Å². The summed E-state index contributed by atoms with van der Waals surface area (Å²) in [5.41, 5.74) is 0.999. The van der Waals surface area contributed by atoms with Crippen molar-refractivity contribution in [2.75, 3.05) is 0 Å². The van der Waals surface area contributed by atoms with E-state index in [1.54, 1.807) is 29.2 Å². The highest BCUT2D eigenvalue weighted by Crippen LogP contribution is 2.32. The molecule has 0 spiro atoms. The molecule has 1 aliphatic carbocycles. The standard InChI is InChI=1S/C15H10N2O2/c18-14-9-5-1-2-6-10(9)15(19)13-12(14)16-11-7-3-4-8-17(11)13/h1-8,12-13H/t12-,13-/m0/s1. The number of ketones is 2. The highest BCUT2D eigenvalue weighted by Gasteiger charge is 2.48.